The fraction of sp³-hybridized carbons (Fsp3) is 1.00. The van der Waals surface area contributed by atoms with E-state index in [1.807, 2.05) is 0 Å². The fourth-order valence-electron chi connectivity index (χ4n) is 0.760. The van der Waals surface area contributed by atoms with Gasteiger partial charge in [0.05, 0.1) is 19.8 Å². The van der Waals surface area contributed by atoms with Crippen LogP contribution in [-0.2, 0) is 0 Å². The second kappa shape index (κ2) is 19.9. The van der Waals surface area contributed by atoms with Crippen LogP contribution in [0.25, 0.3) is 0 Å². The van der Waals surface area contributed by atoms with E-state index in [9.17, 15) is 0 Å². The summed E-state index contributed by atoms with van der Waals surface area (Å²) in [6.07, 6.45) is 0. The summed E-state index contributed by atoms with van der Waals surface area (Å²) in [6.45, 7) is 1.75. The van der Waals surface area contributed by atoms with Gasteiger partial charge in [-0.2, -0.15) is 0 Å². The second-order valence-electron chi connectivity index (χ2n) is 2.01. The molecule has 0 aromatic rings. The summed E-state index contributed by atoms with van der Waals surface area (Å²) in [6, 6.07) is 0. The van der Waals surface area contributed by atoms with Crippen LogP contribution in [0.1, 0.15) is 0 Å². The largest absolute Gasteiger partial charge is 0.870 e. The Bertz CT molecular complexity index is 67.4. The van der Waals surface area contributed by atoms with Crippen molar-refractivity contribution in [2.45, 2.75) is 0 Å². The summed E-state index contributed by atoms with van der Waals surface area (Å²) in [5.41, 5.74) is 0. The van der Waals surface area contributed by atoms with Crippen LogP contribution >= 0.6 is 0 Å². The van der Waals surface area contributed by atoms with Gasteiger partial charge in [-0.15, -0.1) is 0 Å². The summed E-state index contributed by atoms with van der Waals surface area (Å²) in [5.74, 6) is 0. The number of aliphatic hydroxyl groups excluding tert-OH is 3. The van der Waals surface area contributed by atoms with Crippen LogP contribution in [0.15, 0.2) is 0 Å². The molecule has 0 bridgehead atoms. The Labute approximate surface area is 144 Å². The third-order valence-corrected chi connectivity index (χ3v) is 1.25. The van der Waals surface area contributed by atoms with Crippen molar-refractivity contribution in [1.29, 1.82) is 0 Å². The van der Waals surface area contributed by atoms with E-state index in [4.69, 9.17) is 15.3 Å². The Morgan fingerprint density at radius 1 is 0.769 bits per heavy atom. The van der Waals surface area contributed by atoms with Crippen molar-refractivity contribution >= 4 is 29.6 Å². The number of nitrogens with zero attached hydrogens (tertiary/aromatic N) is 1. The third kappa shape index (κ3) is 17.1. The van der Waals surface area contributed by atoms with Gasteiger partial charge in [0.1, 0.15) is 0 Å². The molecule has 0 radical (unpaired) electrons. The van der Waals surface area contributed by atoms with Gasteiger partial charge in [-0.05, 0) is 0 Å². The average Bonchev–Trinajstić information content (AvgIpc) is 1.90. The summed E-state index contributed by atoms with van der Waals surface area (Å²) in [5, 5.41) is 25.5. The van der Waals surface area contributed by atoms with E-state index in [0.717, 1.165) is 0 Å². The molecule has 7 heteroatoms. The normalized spacial score (nSPS) is 8.31. The van der Waals surface area contributed by atoms with Gasteiger partial charge in [0.15, 0.2) is 0 Å². The molecule has 0 aromatic carbocycles. The van der Waals surface area contributed by atoms with Crippen LogP contribution < -0.4 is 51.4 Å². The molecule has 0 spiro atoms. The average molecular weight is 229 g/mol. The molecule has 0 aliphatic heterocycles. The van der Waals surface area contributed by atoms with Crippen molar-refractivity contribution in [2.75, 3.05) is 39.5 Å². The third-order valence-electron chi connectivity index (χ3n) is 1.25. The Morgan fingerprint density at radius 3 is 1.15 bits per heavy atom. The van der Waals surface area contributed by atoms with Crippen LogP contribution in [0.4, 0.5) is 0 Å². The van der Waals surface area contributed by atoms with Gasteiger partial charge in [0.2, 0.25) is 0 Å². The summed E-state index contributed by atoms with van der Waals surface area (Å²) in [4.78, 5) is 1.79. The smallest absolute Gasteiger partial charge is 0.870 e. The molecule has 0 fully saturated rings. The molecule has 0 saturated carbocycles. The zero-order valence-corrected chi connectivity index (χ0v) is 10.6. The van der Waals surface area contributed by atoms with Crippen molar-refractivity contribution in [3.05, 3.63) is 0 Å². The second-order valence-corrected chi connectivity index (χ2v) is 2.01. The van der Waals surface area contributed by atoms with E-state index in [1.54, 1.807) is 4.90 Å². The zero-order valence-electron chi connectivity index (χ0n) is 7.48. The molecular weight excluding hydrogens is 212 g/mol. The minimum Gasteiger partial charge on any atom is -0.870 e. The van der Waals surface area contributed by atoms with Gasteiger partial charge in [-0.25, -0.2) is 0 Å². The molecule has 0 aliphatic carbocycles. The maximum atomic E-state index is 8.48. The molecule has 0 aromatic heterocycles. The summed E-state index contributed by atoms with van der Waals surface area (Å²) >= 11 is 0. The summed E-state index contributed by atoms with van der Waals surface area (Å²) < 4.78 is 0. The molecule has 13 heavy (non-hydrogen) atoms. The molecular formula is C6H17KNNaO4. The molecule has 4 N–H and O–H groups in total. The van der Waals surface area contributed by atoms with Crippen molar-refractivity contribution < 1.29 is 72.2 Å². The standard InChI is InChI=1S/C6H15NO3.K.Na.H2O.H/c8-4-1-7(2-5-9)3-6-10;;;;/h8-10H,1-6H2;;;1H2;/q;+1;;;/p-1. The first-order chi connectivity index (χ1) is 4.85. The minimum absolute atomic E-state index is 0. The van der Waals surface area contributed by atoms with Crippen LogP contribution in [0, 0.1) is 0 Å². The molecule has 0 heterocycles. The van der Waals surface area contributed by atoms with Gasteiger partial charge in [-0.1, -0.05) is 0 Å². The van der Waals surface area contributed by atoms with Gasteiger partial charge in [0, 0.05) is 19.6 Å². The molecule has 5 nitrogen and oxygen atoms in total. The first kappa shape index (κ1) is 24.6. The zero-order chi connectivity index (χ0) is 7.82. The quantitative estimate of drug-likeness (QED) is 0.395. The van der Waals surface area contributed by atoms with E-state index in [0.29, 0.717) is 19.6 Å². The van der Waals surface area contributed by atoms with Gasteiger partial charge >= 0.3 is 80.9 Å². The molecule has 0 saturated heterocycles. The molecule has 0 rings (SSSR count). The van der Waals surface area contributed by atoms with Crippen molar-refractivity contribution in [2.24, 2.45) is 0 Å². The molecule has 0 amide bonds. The van der Waals surface area contributed by atoms with Gasteiger partial charge in [-0.3, -0.25) is 4.90 Å². The van der Waals surface area contributed by atoms with Gasteiger partial charge < -0.3 is 20.8 Å². The van der Waals surface area contributed by atoms with E-state index in [-0.39, 0.29) is 106 Å². The van der Waals surface area contributed by atoms with Crippen molar-refractivity contribution in [3.63, 3.8) is 0 Å². The predicted octanol–water partition coefficient (Wildman–Crippen LogP) is -5.56. The summed E-state index contributed by atoms with van der Waals surface area (Å²) in [7, 11) is 0. The van der Waals surface area contributed by atoms with Crippen LogP contribution in [-0.4, -0.2) is 94.7 Å². The number of aliphatic hydroxyl groups is 3. The van der Waals surface area contributed by atoms with Crippen molar-refractivity contribution in [3.8, 4) is 0 Å². The number of rotatable bonds is 6. The Morgan fingerprint density at radius 2 is 1.00 bits per heavy atom. The monoisotopic (exact) mass is 229 g/mol. The van der Waals surface area contributed by atoms with Crippen LogP contribution in [0.3, 0.4) is 0 Å². The molecule has 0 aliphatic rings. The first-order valence-electron chi connectivity index (χ1n) is 3.40. The fourth-order valence-corrected chi connectivity index (χ4v) is 0.760. The predicted molar refractivity (Wildman–Crippen MR) is 46.8 cm³/mol. The Hall–Kier alpha value is 2.44. The Balaban J connectivity index is -0.000000135. The molecule has 0 atom stereocenters. The SMILES string of the molecule is OCCN(CCO)CCO.[K+].[NaH].[OH-]. The molecule has 0 unspecified atom stereocenters. The van der Waals surface area contributed by atoms with Crippen LogP contribution in [0.2, 0.25) is 0 Å². The van der Waals surface area contributed by atoms with E-state index < -0.39 is 0 Å². The topological polar surface area (TPSA) is 93.9 Å². The van der Waals surface area contributed by atoms with E-state index in [2.05, 4.69) is 0 Å². The molecule has 72 valence electrons. The Kier molecular flexibility index (Phi) is 37.7. The van der Waals surface area contributed by atoms with Gasteiger partial charge in [0.25, 0.3) is 0 Å². The number of hydrogen-bond donors (Lipinski definition) is 3. The minimum atomic E-state index is 0. The maximum absolute atomic E-state index is 8.48. The first-order valence-corrected chi connectivity index (χ1v) is 3.40. The van der Waals surface area contributed by atoms with E-state index >= 15 is 0 Å². The van der Waals surface area contributed by atoms with Crippen molar-refractivity contribution in [1.82, 2.24) is 4.90 Å². The number of hydrogen-bond acceptors (Lipinski definition) is 5. The van der Waals surface area contributed by atoms with E-state index in [1.165, 1.54) is 0 Å². The van der Waals surface area contributed by atoms with Crippen LogP contribution in [0.5, 0.6) is 0 Å². The maximum Gasteiger partial charge on any atom is -0.870 e.